The van der Waals surface area contributed by atoms with E-state index in [1.807, 2.05) is 0 Å². The van der Waals surface area contributed by atoms with Gasteiger partial charge in [0.15, 0.2) is 0 Å². The Labute approximate surface area is 117 Å². The minimum absolute atomic E-state index is 0.527. The number of hydrogen-bond acceptors (Lipinski definition) is 2. The number of methoxy groups -OCH3 is 1. The molecule has 106 valence electrons. The lowest BCUT2D eigenvalue weighted by Gasteiger charge is -2.38. The van der Waals surface area contributed by atoms with Crippen LogP contribution in [0.2, 0.25) is 0 Å². The lowest BCUT2D eigenvalue weighted by Crippen LogP contribution is -2.47. The van der Waals surface area contributed by atoms with Crippen molar-refractivity contribution in [3.63, 3.8) is 0 Å². The zero-order valence-electron chi connectivity index (χ0n) is 12.5. The van der Waals surface area contributed by atoms with Gasteiger partial charge in [0.25, 0.3) is 0 Å². The Morgan fingerprint density at radius 2 is 1.95 bits per heavy atom. The van der Waals surface area contributed by atoms with Crippen molar-refractivity contribution in [3.05, 3.63) is 35.4 Å². The van der Waals surface area contributed by atoms with Crippen molar-refractivity contribution in [1.82, 2.24) is 5.32 Å². The summed E-state index contributed by atoms with van der Waals surface area (Å²) in [4.78, 5) is 0. The second-order valence-electron chi connectivity index (χ2n) is 5.88. The van der Waals surface area contributed by atoms with Crippen molar-refractivity contribution in [2.24, 2.45) is 0 Å². The number of aryl methyl sites for hydroxylation is 1. The Bertz CT molecular complexity index is 361. The van der Waals surface area contributed by atoms with Gasteiger partial charge in [0.05, 0.1) is 6.61 Å². The SMILES string of the molecule is CCCC(COC)NC1CC(c2ccc(C)cc2)C1. The summed E-state index contributed by atoms with van der Waals surface area (Å²) >= 11 is 0. The molecule has 0 aliphatic heterocycles. The minimum Gasteiger partial charge on any atom is -0.383 e. The second-order valence-corrected chi connectivity index (χ2v) is 5.88. The quantitative estimate of drug-likeness (QED) is 0.809. The van der Waals surface area contributed by atoms with Crippen molar-refractivity contribution in [3.8, 4) is 0 Å². The smallest absolute Gasteiger partial charge is 0.0615 e. The molecule has 2 rings (SSSR count). The van der Waals surface area contributed by atoms with Gasteiger partial charge in [-0.1, -0.05) is 43.2 Å². The maximum Gasteiger partial charge on any atom is 0.0615 e. The molecule has 0 spiro atoms. The molecule has 1 N–H and O–H groups in total. The third-order valence-electron chi connectivity index (χ3n) is 4.16. The van der Waals surface area contributed by atoms with Crippen molar-refractivity contribution in [2.75, 3.05) is 13.7 Å². The summed E-state index contributed by atoms with van der Waals surface area (Å²) in [5.74, 6) is 0.753. The van der Waals surface area contributed by atoms with E-state index in [1.165, 1.54) is 36.8 Å². The molecule has 1 fully saturated rings. The van der Waals surface area contributed by atoms with E-state index >= 15 is 0 Å². The van der Waals surface area contributed by atoms with Gasteiger partial charge in [-0.3, -0.25) is 0 Å². The molecule has 0 bridgehead atoms. The first-order valence-electron chi connectivity index (χ1n) is 7.54. The molecule has 0 heterocycles. The average Bonchev–Trinajstić information content (AvgIpc) is 2.35. The van der Waals surface area contributed by atoms with Crippen molar-refractivity contribution >= 4 is 0 Å². The van der Waals surface area contributed by atoms with E-state index in [-0.39, 0.29) is 0 Å². The van der Waals surface area contributed by atoms with Gasteiger partial charge >= 0.3 is 0 Å². The highest BCUT2D eigenvalue weighted by molar-refractivity contribution is 5.26. The fraction of sp³-hybridized carbons (Fsp3) is 0.647. The number of benzene rings is 1. The summed E-state index contributed by atoms with van der Waals surface area (Å²) in [5.41, 5.74) is 2.85. The van der Waals surface area contributed by atoms with Crippen LogP contribution >= 0.6 is 0 Å². The summed E-state index contributed by atoms with van der Waals surface area (Å²) in [7, 11) is 1.79. The van der Waals surface area contributed by atoms with Gasteiger partial charge in [-0.25, -0.2) is 0 Å². The summed E-state index contributed by atoms with van der Waals surface area (Å²) < 4.78 is 5.29. The summed E-state index contributed by atoms with van der Waals surface area (Å²) in [6, 6.07) is 10.2. The highest BCUT2D eigenvalue weighted by Gasteiger charge is 2.31. The first kappa shape index (κ1) is 14.5. The van der Waals surface area contributed by atoms with Gasteiger partial charge < -0.3 is 10.1 Å². The maximum absolute atomic E-state index is 5.29. The number of rotatable bonds is 7. The molecule has 1 saturated carbocycles. The van der Waals surface area contributed by atoms with Crippen LogP contribution in [0.3, 0.4) is 0 Å². The van der Waals surface area contributed by atoms with Crippen molar-refractivity contribution in [2.45, 2.75) is 57.5 Å². The highest BCUT2D eigenvalue weighted by Crippen LogP contribution is 2.37. The van der Waals surface area contributed by atoms with Gasteiger partial charge in [0.2, 0.25) is 0 Å². The Balaban J connectivity index is 1.77. The fourth-order valence-electron chi connectivity index (χ4n) is 2.96. The van der Waals surface area contributed by atoms with E-state index in [1.54, 1.807) is 7.11 Å². The molecule has 1 unspecified atom stereocenters. The topological polar surface area (TPSA) is 21.3 Å². The molecule has 0 radical (unpaired) electrons. The van der Waals surface area contributed by atoms with Crippen LogP contribution in [0, 0.1) is 6.92 Å². The van der Waals surface area contributed by atoms with Crippen LogP contribution in [0.25, 0.3) is 0 Å². The number of nitrogens with one attached hydrogen (secondary N) is 1. The standard InChI is InChI=1S/C17H27NO/c1-4-5-16(12-19-3)18-17-10-15(11-17)14-8-6-13(2)7-9-14/h6-9,15-18H,4-5,10-12H2,1-3H3. The third kappa shape index (κ3) is 4.05. The fourth-order valence-corrected chi connectivity index (χ4v) is 2.96. The summed E-state index contributed by atoms with van der Waals surface area (Å²) in [6.07, 6.45) is 4.97. The first-order valence-corrected chi connectivity index (χ1v) is 7.54. The number of ether oxygens (including phenoxy) is 1. The monoisotopic (exact) mass is 261 g/mol. The molecule has 0 aromatic heterocycles. The molecule has 1 atom stereocenters. The van der Waals surface area contributed by atoms with Crippen molar-refractivity contribution < 1.29 is 4.74 Å². The second kappa shape index (κ2) is 7.06. The lowest BCUT2D eigenvalue weighted by molar-refractivity contribution is 0.141. The Morgan fingerprint density at radius 3 is 2.53 bits per heavy atom. The predicted octanol–water partition coefficient (Wildman–Crippen LogP) is 3.65. The molecule has 0 saturated heterocycles. The largest absolute Gasteiger partial charge is 0.383 e. The zero-order valence-corrected chi connectivity index (χ0v) is 12.5. The van der Waals surface area contributed by atoms with Crippen LogP contribution in [0.4, 0.5) is 0 Å². The Hall–Kier alpha value is -0.860. The molecule has 2 nitrogen and oxygen atoms in total. The van der Waals surface area contributed by atoms with Crippen LogP contribution in [0.1, 0.15) is 49.7 Å². The van der Waals surface area contributed by atoms with Crippen LogP contribution in [0.5, 0.6) is 0 Å². The van der Waals surface area contributed by atoms with E-state index in [9.17, 15) is 0 Å². The molecule has 19 heavy (non-hydrogen) atoms. The van der Waals surface area contributed by atoms with E-state index in [0.29, 0.717) is 12.1 Å². The molecular weight excluding hydrogens is 234 g/mol. The molecule has 1 aromatic carbocycles. The van der Waals surface area contributed by atoms with E-state index in [0.717, 1.165) is 12.5 Å². The minimum atomic E-state index is 0.527. The van der Waals surface area contributed by atoms with Crippen LogP contribution in [0.15, 0.2) is 24.3 Å². The summed E-state index contributed by atoms with van der Waals surface area (Å²) in [5, 5.41) is 3.74. The van der Waals surface area contributed by atoms with Crippen LogP contribution in [-0.4, -0.2) is 25.8 Å². The van der Waals surface area contributed by atoms with Gasteiger partial charge in [0, 0.05) is 19.2 Å². The molecular formula is C17H27NO. The zero-order chi connectivity index (χ0) is 13.7. The van der Waals surface area contributed by atoms with E-state index in [2.05, 4.69) is 43.4 Å². The Morgan fingerprint density at radius 1 is 1.26 bits per heavy atom. The van der Waals surface area contributed by atoms with Gasteiger partial charge in [-0.15, -0.1) is 0 Å². The van der Waals surface area contributed by atoms with Gasteiger partial charge in [-0.2, -0.15) is 0 Å². The molecule has 0 amide bonds. The average molecular weight is 261 g/mol. The van der Waals surface area contributed by atoms with Crippen LogP contribution < -0.4 is 5.32 Å². The lowest BCUT2D eigenvalue weighted by atomic mass is 9.75. The highest BCUT2D eigenvalue weighted by atomic mass is 16.5. The van der Waals surface area contributed by atoms with Gasteiger partial charge in [-0.05, 0) is 37.7 Å². The molecule has 1 aliphatic rings. The van der Waals surface area contributed by atoms with Crippen molar-refractivity contribution in [1.29, 1.82) is 0 Å². The first-order chi connectivity index (χ1) is 9.22. The predicted molar refractivity (Wildman–Crippen MR) is 80.6 cm³/mol. The van der Waals surface area contributed by atoms with E-state index in [4.69, 9.17) is 4.74 Å². The summed E-state index contributed by atoms with van der Waals surface area (Å²) in [6.45, 7) is 5.22. The maximum atomic E-state index is 5.29. The molecule has 2 heteroatoms. The van der Waals surface area contributed by atoms with Gasteiger partial charge in [0.1, 0.15) is 0 Å². The molecule has 1 aromatic rings. The molecule has 1 aliphatic carbocycles. The number of hydrogen-bond donors (Lipinski definition) is 1. The normalized spacial score (nSPS) is 23.9. The van der Waals surface area contributed by atoms with Crippen LogP contribution in [-0.2, 0) is 4.74 Å². The third-order valence-corrected chi connectivity index (χ3v) is 4.16. The Kier molecular flexibility index (Phi) is 5.41. The van der Waals surface area contributed by atoms with E-state index < -0.39 is 0 Å².